The molecule has 0 amide bonds. The number of para-hydroxylation sites is 1. The highest BCUT2D eigenvalue weighted by Gasteiger charge is 2.15. The van der Waals surface area contributed by atoms with Gasteiger partial charge in [-0.1, -0.05) is 80.6 Å². The molecule has 0 unspecified atom stereocenters. The predicted molar refractivity (Wildman–Crippen MR) is 187 cm³/mol. The van der Waals surface area contributed by atoms with E-state index in [9.17, 15) is 4.79 Å². The average Bonchev–Trinajstić information content (AvgIpc) is 3.08. The first-order chi connectivity index (χ1) is 21.6. The minimum atomic E-state index is 0.662. The standard InChI is InChI=1S/C39H32N2O.C2H6/c1-29-8-6-12-38(26-29)40(34-10-4-3-5-11-34)36-22-16-32(17-23-36)33-18-24-37(25-19-33)41(39-13-7-9-30(2)27-39)35-20-14-31(28-42)15-21-35;1-2/h3-28H,1-2H3;1-2H3. The van der Waals surface area contributed by atoms with E-state index in [1.807, 2.05) is 44.2 Å². The quantitative estimate of drug-likeness (QED) is 0.169. The summed E-state index contributed by atoms with van der Waals surface area (Å²) in [6.07, 6.45) is 0.876. The third-order valence-electron chi connectivity index (χ3n) is 7.41. The SMILES string of the molecule is CC.Cc1cccc(N(c2ccccc2)c2ccc(-c3ccc(N(c4ccc(C=O)cc4)c4cccc(C)c4)cc3)cc2)c1. The topological polar surface area (TPSA) is 23.6 Å². The fraction of sp³-hybridized carbons (Fsp3) is 0.0976. The number of aldehydes is 1. The van der Waals surface area contributed by atoms with Gasteiger partial charge in [0.2, 0.25) is 0 Å². The van der Waals surface area contributed by atoms with Gasteiger partial charge in [0.15, 0.2) is 0 Å². The zero-order chi connectivity index (χ0) is 30.9. The lowest BCUT2D eigenvalue weighted by Crippen LogP contribution is -2.10. The summed E-state index contributed by atoms with van der Waals surface area (Å²) in [5.74, 6) is 0. The summed E-state index contributed by atoms with van der Waals surface area (Å²) in [5.41, 5.74) is 11.9. The van der Waals surface area contributed by atoms with Crippen LogP contribution in [-0.4, -0.2) is 6.29 Å². The molecule has 218 valence electrons. The maximum Gasteiger partial charge on any atom is 0.150 e. The van der Waals surface area contributed by atoms with Crippen LogP contribution in [0.2, 0.25) is 0 Å². The molecule has 3 heteroatoms. The first-order valence-electron chi connectivity index (χ1n) is 15.1. The van der Waals surface area contributed by atoms with Gasteiger partial charge in [0, 0.05) is 39.7 Å². The van der Waals surface area contributed by atoms with Crippen LogP contribution in [0, 0.1) is 13.8 Å². The van der Waals surface area contributed by atoms with E-state index in [1.54, 1.807) is 0 Å². The number of carbonyl (C=O) groups excluding carboxylic acids is 1. The number of hydrogen-bond donors (Lipinski definition) is 0. The average molecular weight is 575 g/mol. The molecule has 0 saturated carbocycles. The molecule has 0 bridgehead atoms. The molecule has 0 atom stereocenters. The molecule has 0 aliphatic rings. The van der Waals surface area contributed by atoms with Gasteiger partial charge < -0.3 is 9.80 Å². The molecule has 0 aromatic heterocycles. The highest BCUT2D eigenvalue weighted by molar-refractivity contribution is 5.82. The van der Waals surface area contributed by atoms with E-state index < -0.39 is 0 Å². The van der Waals surface area contributed by atoms with Crippen LogP contribution in [0.15, 0.2) is 152 Å². The minimum absolute atomic E-state index is 0.662. The predicted octanol–water partition coefficient (Wildman–Crippen LogP) is 11.7. The van der Waals surface area contributed by atoms with Crippen LogP contribution >= 0.6 is 0 Å². The summed E-state index contributed by atoms with van der Waals surface area (Å²) < 4.78 is 0. The number of hydrogen-bond acceptors (Lipinski definition) is 3. The number of anilines is 6. The number of benzene rings is 6. The Kier molecular flexibility index (Phi) is 9.68. The summed E-state index contributed by atoms with van der Waals surface area (Å²) in [4.78, 5) is 15.7. The van der Waals surface area contributed by atoms with E-state index in [2.05, 4.69) is 145 Å². The second-order valence-electron chi connectivity index (χ2n) is 10.5. The summed E-state index contributed by atoms with van der Waals surface area (Å²) >= 11 is 0. The Morgan fingerprint density at radius 3 is 1.16 bits per heavy atom. The largest absolute Gasteiger partial charge is 0.310 e. The van der Waals surface area contributed by atoms with Gasteiger partial charge in [-0.15, -0.1) is 0 Å². The molecule has 44 heavy (non-hydrogen) atoms. The summed E-state index contributed by atoms with van der Waals surface area (Å²) in [6, 6.07) is 52.6. The van der Waals surface area contributed by atoms with Gasteiger partial charge in [-0.2, -0.15) is 0 Å². The third-order valence-corrected chi connectivity index (χ3v) is 7.41. The van der Waals surface area contributed by atoms with Crippen LogP contribution in [0.3, 0.4) is 0 Å². The number of aryl methyl sites for hydroxylation is 2. The Balaban J connectivity index is 0.00000188. The van der Waals surface area contributed by atoms with Crippen LogP contribution in [0.5, 0.6) is 0 Å². The van der Waals surface area contributed by atoms with Crippen LogP contribution < -0.4 is 9.80 Å². The van der Waals surface area contributed by atoms with Crippen molar-refractivity contribution >= 4 is 40.4 Å². The summed E-state index contributed by atoms with van der Waals surface area (Å²) in [5, 5.41) is 0. The minimum Gasteiger partial charge on any atom is -0.310 e. The monoisotopic (exact) mass is 574 g/mol. The fourth-order valence-corrected chi connectivity index (χ4v) is 5.31. The molecular weight excluding hydrogens is 536 g/mol. The van der Waals surface area contributed by atoms with E-state index in [1.165, 1.54) is 11.1 Å². The molecule has 6 rings (SSSR count). The molecule has 3 nitrogen and oxygen atoms in total. The fourth-order valence-electron chi connectivity index (χ4n) is 5.31. The summed E-state index contributed by atoms with van der Waals surface area (Å²) in [7, 11) is 0. The smallest absolute Gasteiger partial charge is 0.150 e. The van der Waals surface area contributed by atoms with Gasteiger partial charge in [0.05, 0.1) is 0 Å². The zero-order valence-electron chi connectivity index (χ0n) is 25.8. The van der Waals surface area contributed by atoms with E-state index in [4.69, 9.17) is 0 Å². The molecule has 6 aromatic rings. The van der Waals surface area contributed by atoms with Gasteiger partial charge in [-0.05, 0) is 121 Å². The van der Waals surface area contributed by atoms with Gasteiger partial charge in [0.1, 0.15) is 6.29 Å². The van der Waals surface area contributed by atoms with Crippen LogP contribution in [0.1, 0.15) is 35.3 Å². The van der Waals surface area contributed by atoms with Gasteiger partial charge in [-0.25, -0.2) is 0 Å². The normalized spacial score (nSPS) is 10.4. The Hall–Kier alpha value is -5.41. The Bertz CT molecular complexity index is 1790. The molecule has 0 spiro atoms. The van der Waals surface area contributed by atoms with Gasteiger partial charge in [0.25, 0.3) is 0 Å². The molecule has 0 aliphatic carbocycles. The van der Waals surface area contributed by atoms with Crippen LogP contribution in [0.4, 0.5) is 34.1 Å². The first kappa shape index (κ1) is 30.1. The summed E-state index contributed by atoms with van der Waals surface area (Å²) in [6.45, 7) is 8.22. The molecule has 0 N–H and O–H groups in total. The molecule has 6 aromatic carbocycles. The lowest BCUT2D eigenvalue weighted by atomic mass is 10.0. The maximum absolute atomic E-state index is 11.2. The second-order valence-corrected chi connectivity index (χ2v) is 10.5. The van der Waals surface area contributed by atoms with E-state index >= 15 is 0 Å². The van der Waals surface area contributed by atoms with Crippen LogP contribution in [-0.2, 0) is 0 Å². The van der Waals surface area contributed by atoms with Crippen molar-refractivity contribution < 1.29 is 4.79 Å². The lowest BCUT2D eigenvalue weighted by molar-refractivity contribution is 0.112. The highest BCUT2D eigenvalue weighted by Crippen LogP contribution is 2.38. The van der Waals surface area contributed by atoms with Crippen molar-refractivity contribution in [1.82, 2.24) is 0 Å². The van der Waals surface area contributed by atoms with Crippen molar-refractivity contribution in [3.63, 3.8) is 0 Å². The van der Waals surface area contributed by atoms with Crippen molar-refractivity contribution in [2.45, 2.75) is 27.7 Å². The molecule has 0 saturated heterocycles. The lowest BCUT2D eigenvalue weighted by Gasteiger charge is -2.26. The molecule has 0 radical (unpaired) electrons. The molecule has 0 aliphatic heterocycles. The molecule has 0 fully saturated rings. The van der Waals surface area contributed by atoms with Crippen molar-refractivity contribution in [1.29, 1.82) is 0 Å². The van der Waals surface area contributed by atoms with Crippen molar-refractivity contribution in [3.8, 4) is 11.1 Å². The Morgan fingerprint density at radius 2 is 0.773 bits per heavy atom. The van der Waals surface area contributed by atoms with E-state index in [0.29, 0.717) is 5.56 Å². The third kappa shape index (κ3) is 6.79. The van der Waals surface area contributed by atoms with Crippen molar-refractivity contribution in [2.75, 3.05) is 9.80 Å². The zero-order valence-corrected chi connectivity index (χ0v) is 25.8. The van der Waals surface area contributed by atoms with Gasteiger partial charge in [-0.3, -0.25) is 4.79 Å². The Labute approximate surface area is 261 Å². The van der Waals surface area contributed by atoms with Crippen LogP contribution in [0.25, 0.3) is 11.1 Å². The molecule has 0 heterocycles. The number of carbonyl (C=O) groups is 1. The second kappa shape index (κ2) is 14.2. The first-order valence-corrected chi connectivity index (χ1v) is 15.1. The highest BCUT2D eigenvalue weighted by atomic mass is 16.1. The van der Waals surface area contributed by atoms with E-state index in [-0.39, 0.29) is 0 Å². The number of nitrogens with zero attached hydrogens (tertiary/aromatic N) is 2. The van der Waals surface area contributed by atoms with Gasteiger partial charge >= 0.3 is 0 Å². The van der Waals surface area contributed by atoms with Crippen molar-refractivity contribution in [2.24, 2.45) is 0 Å². The Morgan fingerprint density at radius 1 is 0.409 bits per heavy atom. The van der Waals surface area contributed by atoms with Crippen molar-refractivity contribution in [3.05, 3.63) is 168 Å². The molecular formula is C41H38N2O. The van der Waals surface area contributed by atoms with E-state index in [0.717, 1.165) is 51.5 Å². The number of rotatable bonds is 8. The maximum atomic E-state index is 11.2.